The van der Waals surface area contributed by atoms with E-state index >= 15 is 0 Å². The molecule has 1 aromatic rings. The number of hydrogen-bond acceptors (Lipinski definition) is 3. The van der Waals surface area contributed by atoms with Gasteiger partial charge in [0, 0.05) is 11.0 Å². The lowest BCUT2D eigenvalue weighted by Gasteiger charge is -2.28. The maximum Gasteiger partial charge on any atom is 0.304 e. The van der Waals surface area contributed by atoms with Gasteiger partial charge in [0.1, 0.15) is 0 Å². The van der Waals surface area contributed by atoms with Gasteiger partial charge in [-0.3, -0.25) is 4.79 Å². The molecule has 4 nitrogen and oxygen atoms in total. The van der Waals surface area contributed by atoms with Crippen molar-refractivity contribution in [1.29, 1.82) is 0 Å². The van der Waals surface area contributed by atoms with Crippen molar-refractivity contribution in [3.05, 3.63) is 22.2 Å². The summed E-state index contributed by atoms with van der Waals surface area (Å²) < 4.78 is 10.8. The zero-order chi connectivity index (χ0) is 15.5. The minimum atomic E-state index is -0.881. The van der Waals surface area contributed by atoms with Crippen molar-refractivity contribution in [1.82, 2.24) is 0 Å². The highest BCUT2D eigenvalue weighted by molar-refractivity contribution is 6.32. The fraction of sp³-hybridized carbons (Fsp3) is 0.533. The second kappa shape index (κ2) is 6.35. The number of rotatable bonds is 6. The summed E-state index contributed by atoms with van der Waals surface area (Å²) in [6.07, 6.45) is 0.689. The number of hydrogen-bond donors (Lipinski definition) is 1. The molecule has 0 amide bonds. The Labute approximate surface area is 124 Å². The molecule has 5 heteroatoms. The summed E-state index contributed by atoms with van der Waals surface area (Å²) in [6, 6.07) is 1.83. The van der Waals surface area contributed by atoms with E-state index in [1.165, 1.54) is 7.11 Å². The van der Waals surface area contributed by atoms with Crippen LogP contribution in [0.1, 0.15) is 38.3 Å². The minimum Gasteiger partial charge on any atom is -0.493 e. The average Bonchev–Trinajstić information content (AvgIpc) is 2.35. The highest BCUT2D eigenvalue weighted by Crippen LogP contribution is 2.46. The van der Waals surface area contributed by atoms with Gasteiger partial charge in [0.25, 0.3) is 0 Å². The normalized spacial score (nSPS) is 11.3. The molecule has 0 aromatic heterocycles. The second-order valence-electron chi connectivity index (χ2n) is 5.27. The van der Waals surface area contributed by atoms with E-state index in [4.69, 9.17) is 26.2 Å². The van der Waals surface area contributed by atoms with Crippen LogP contribution in [-0.4, -0.2) is 25.3 Å². The van der Waals surface area contributed by atoms with E-state index in [1.54, 1.807) is 7.11 Å². The van der Waals surface area contributed by atoms with Crippen LogP contribution in [0.25, 0.3) is 0 Å². The van der Waals surface area contributed by atoms with Crippen molar-refractivity contribution in [3.8, 4) is 11.5 Å². The molecule has 0 spiro atoms. The van der Waals surface area contributed by atoms with E-state index in [0.717, 1.165) is 12.0 Å². The van der Waals surface area contributed by atoms with Crippen molar-refractivity contribution in [2.45, 2.75) is 39.0 Å². The maximum absolute atomic E-state index is 11.1. The first-order chi connectivity index (χ1) is 9.28. The molecule has 1 rings (SSSR count). The molecule has 0 heterocycles. The van der Waals surface area contributed by atoms with Crippen molar-refractivity contribution in [3.63, 3.8) is 0 Å². The summed E-state index contributed by atoms with van der Waals surface area (Å²) in [5.41, 5.74) is 0.935. The molecule has 0 aliphatic heterocycles. The predicted octanol–water partition coefficient (Wildman–Crippen LogP) is 3.67. The van der Waals surface area contributed by atoms with Crippen LogP contribution in [0.4, 0.5) is 0 Å². The Morgan fingerprint density at radius 1 is 1.35 bits per heavy atom. The number of benzene rings is 1. The monoisotopic (exact) mass is 300 g/mol. The van der Waals surface area contributed by atoms with Crippen LogP contribution in [-0.2, 0) is 16.6 Å². The Hall–Kier alpha value is -1.42. The third-order valence-corrected chi connectivity index (χ3v) is 3.76. The van der Waals surface area contributed by atoms with E-state index in [9.17, 15) is 4.79 Å². The van der Waals surface area contributed by atoms with Gasteiger partial charge in [-0.25, -0.2) is 0 Å². The van der Waals surface area contributed by atoms with Gasteiger partial charge in [-0.2, -0.15) is 0 Å². The molecule has 1 N–H and O–H groups in total. The number of ether oxygens (including phenoxy) is 2. The van der Waals surface area contributed by atoms with Crippen molar-refractivity contribution in [2.75, 3.05) is 14.2 Å². The van der Waals surface area contributed by atoms with Gasteiger partial charge in [0.2, 0.25) is 0 Å². The summed E-state index contributed by atoms with van der Waals surface area (Å²) in [5.74, 6) is 0.192. The van der Waals surface area contributed by atoms with Crippen LogP contribution in [0.3, 0.4) is 0 Å². The first-order valence-corrected chi connectivity index (χ1v) is 6.81. The molecule has 0 fully saturated rings. The summed E-state index contributed by atoms with van der Waals surface area (Å²) in [5, 5.41) is 9.65. The number of aryl methyl sites for hydroxylation is 1. The van der Waals surface area contributed by atoms with Gasteiger partial charge in [0.05, 0.1) is 25.7 Å². The van der Waals surface area contributed by atoms with Gasteiger partial charge in [-0.1, -0.05) is 32.4 Å². The third kappa shape index (κ3) is 3.18. The van der Waals surface area contributed by atoms with Crippen LogP contribution >= 0.6 is 11.6 Å². The number of methoxy groups -OCH3 is 2. The summed E-state index contributed by atoms with van der Waals surface area (Å²) in [7, 11) is 3.08. The van der Waals surface area contributed by atoms with E-state index in [1.807, 2.05) is 26.8 Å². The summed E-state index contributed by atoms with van der Waals surface area (Å²) >= 11 is 6.46. The fourth-order valence-electron chi connectivity index (χ4n) is 2.35. The molecular weight excluding hydrogens is 280 g/mol. The van der Waals surface area contributed by atoms with Crippen molar-refractivity contribution < 1.29 is 19.4 Å². The third-order valence-electron chi connectivity index (χ3n) is 3.33. The molecule has 0 saturated carbocycles. The number of carboxylic acid groups (broad SMARTS) is 1. The fourth-order valence-corrected chi connectivity index (χ4v) is 2.88. The maximum atomic E-state index is 11.1. The summed E-state index contributed by atoms with van der Waals surface area (Å²) in [6.45, 7) is 5.66. The smallest absolute Gasteiger partial charge is 0.304 e. The van der Waals surface area contributed by atoms with Gasteiger partial charge in [-0.05, 0) is 18.1 Å². The Morgan fingerprint density at radius 2 is 1.95 bits per heavy atom. The molecule has 20 heavy (non-hydrogen) atoms. The van der Waals surface area contributed by atoms with Crippen molar-refractivity contribution in [2.24, 2.45) is 0 Å². The first kappa shape index (κ1) is 16.6. The van der Waals surface area contributed by atoms with E-state index in [-0.39, 0.29) is 6.42 Å². The lowest BCUT2D eigenvalue weighted by molar-refractivity contribution is -0.138. The van der Waals surface area contributed by atoms with E-state index in [2.05, 4.69) is 0 Å². The summed E-state index contributed by atoms with van der Waals surface area (Å²) in [4.78, 5) is 11.1. The molecule has 0 bridgehead atoms. The Balaban J connectivity index is 3.60. The van der Waals surface area contributed by atoms with E-state index < -0.39 is 11.4 Å². The van der Waals surface area contributed by atoms with Gasteiger partial charge >= 0.3 is 5.97 Å². The van der Waals surface area contributed by atoms with Gasteiger partial charge in [0.15, 0.2) is 11.5 Å². The van der Waals surface area contributed by atoms with Crippen LogP contribution in [0.15, 0.2) is 6.07 Å². The van der Waals surface area contributed by atoms with Crippen LogP contribution < -0.4 is 9.47 Å². The lowest BCUT2D eigenvalue weighted by Crippen LogP contribution is -2.23. The molecule has 1 aromatic carbocycles. The Kier molecular flexibility index (Phi) is 5.28. The highest BCUT2D eigenvalue weighted by atomic mass is 35.5. The molecule has 0 aliphatic carbocycles. The standard InChI is InChI=1S/C15H21ClO4/c1-6-9-7-10(19-4)14(20-5)12(13(9)16)15(2,3)8-11(17)18/h7H,6,8H2,1-5H3,(H,17,18). The number of carboxylic acids is 1. The van der Waals surface area contributed by atoms with E-state index in [0.29, 0.717) is 22.1 Å². The molecule has 0 atom stereocenters. The minimum absolute atomic E-state index is 0.0423. The van der Waals surface area contributed by atoms with Crippen LogP contribution in [0.5, 0.6) is 11.5 Å². The Bertz CT molecular complexity index is 509. The first-order valence-electron chi connectivity index (χ1n) is 6.44. The van der Waals surface area contributed by atoms with Crippen LogP contribution in [0.2, 0.25) is 5.02 Å². The zero-order valence-corrected chi connectivity index (χ0v) is 13.3. The van der Waals surface area contributed by atoms with Gasteiger partial charge < -0.3 is 14.6 Å². The molecule has 0 unspecified atom stereocenters. The molecule has 0 saturated heterocycles. The number of aliphatic carboxylic acids is 1. The Morgan fingerprint density at radius 3 is 2.35 bits per heavy atom. The molecule has 112 valence electrons. The molecule has 0 radical (unpaired) electrons. The van der Waals surface area contributed by atoms with Crippen LogP contribution in [0, 0.1) is 0 Å². The SMILES string of the molecule is CCc1cc(OC)c(OC)c(C(C)(C)CC(=O)O)c1Cl. The average molecular weight is 301 g/mol. The molecular formula is C15H21ClO4. The lowest BCUT2D eigenvalue weighted by atomic mass is 9.79. The second-order valence-corrected chi connectivity index (χ2v) is 5.65. The number of halogens is 1. The highest BCUT2D eigenvalue weighted by Gasteiger charge is 2.32. The van der Waals surface area contributed by atoms with Crippen molar-refractivity contribution >= 4 is 17.6 Å². The predicted molar refractivity (Wildman–Crippen MR) is 79.2 cm³/mol. The molecule has 0 aliphatic rings. The van der Waals surface area contributed by atoms with Gasteiger partial charge in [-0.15, -0.1) is 0 Å². The topological polar surface area (TPSA) is 55.8 Å². The quantitative estimate of drug-likeness (QED) is 0.871. The zero-order valence-electron chi connectivity index (χ0n) is 12.5. The largest absolute Gasteiger partial charge is 0.493 e. The number of carbonyl (C=O) groups is 1.